The van der Waals surface area contributed by atoms with Gasteiger partial charge in [0.05, 0.1) is 11.1 Å². The Balaban J connectivity index is 1.93. The number of carbonyl (C=O) groups is 2. The van der Waals surface area contributed by atoms with Gasteiger partial charge in [-0.1, -0.05) is 6.07 Å². The fraction of sp³-hybridized carbons (Fsp3) is 0.500. The molecule has 1 atom stereocenters. The third kappa shape index (κ3) is 2.98. The number of cyclic esters (lactones) is 1. The molecule has 2 heterocycles. The molecule has 1 aromatic carbocycles. The minimum Gasteiger partial charge on any atom is -0.415 e. The van der Waals surface area contributed by atoms with Crippen LogP contribution in [0.1, 0.15) is 47.2 Å². The molecule has 24 heavy (non-hydrogen) atoms. The van der Waals surface area contributed by atoms with Gasteiger partial charge in [0.25, 0.3) is 5.79 Å². The largest absolute Gasteiger partial charge is 0.491 e. The van der Waals surface area contributed by atoms with Crippen LogP contribution in [-0.4, -0.2) is 31.2 Å². The molecule has 1 saturated heterocycles. The van der Waals surface area contributed by atoms with Gasteiger partial charge in [-0.2, -0.15) is 13.2 Å². The van der Waals surface area contributed by atoms with E-state index in [9.17, 15) is 22.8 Å². The van der Waals surface area contributed by atoms with Gasteiger partial charge < -0.3 is 14.8 Å². The highest BCUT2D eigenvalue weighted by Crippen LogP contribution is 2.41. The number of nitrogens with one attached hydrogen (secondary N) is 1. The van der Waals surface area contributed by atoms with E-state index < -0.39 is 23.9 Å². The molecule has 2 aliphatic rings. The summed E-state index contributed by atoms with van der Waals surface area (Å²) in [4.78, 5) is 23.1. The summed E-state index contributed by atoms with van der Waals surface area (Å²) in [6.45, 7) is 2.83. The van der Waals surface area contributed by atoms with Crippen molar-refractivity contribution in [3.8, 4) is 0 Å². The lowest BCUT2D eigenvalue weighted by molar-refractivity contribution is -0.243. The topological polar surface area (TPSA) is 64.6 Å². The van der Waals surface area contributed by atoms with Crippen LogP contribution < -0.4 is 5.32 Å². The van der Waals surface area contributed by atoms with Crippen LogP contribution in [0.3, 0.4) is 0 Å². The number of hydrogen-bond donors (Lipinski definition) is 1. The molecule has 5 nitrogen and oxygen atoms in total. The summed E-state index contributed by atoms with van der Waals surface area (Å²) in [6.07, 6.45) is -3.40. The van der Waals surface area contributed by atoms with Gasteiger partial charge in [0.2, 0.25) is 0 Å². The highest BCUT2D eigenvalue weighted by Gasteiger charge is 2.51. The lowest BCUT2D eigenvalue weighted by Crippen LogP contribution is -2.36. The molecule has 8 heteroatoms. The van der Waals surface area contributed by atoms with E-state index in [2.05, 4.69) is 10.1 Å². The van der Waals surface area contributed by atoms with Gasteiger partial charge in [0, 0.05) is 6.92 Å². The van der Waals surface area contributed by atoms with Crippen molar-refractivity contribution < 1.29 is 32.2 Å². The molecule has 0 bridgehead atoms. The predicted octanol–water partition coefficient (Wildman–Crippen LogP) is 2.60. The Morgan fingerprint density at radius 2 is 2.00 bits per heavy atom. The smallest absolute Gasteiger partial charge is 0.415 e. The second-order valence-electron chi connectivity index (χ2n) is 6.05. The van der Waals surface area contributed by atoms with Crippen molar-refractivity contribution in [2.45, 2.75) is 37.6 Å². The molecule has 3 rings (SSSR count). The first-order valence-corrected chi connectivity index (χ1v) is 7.59. The van der Waals surface area contributed by atoms with Crippen LogP contribution in [0.5, 0.6) is 0 Å². The summed E-state index contributed by atoms with van der Waals surface area (Å²) in [5, 5.41) is 3.23. The van der Waals surface area contributed by atoms with Gasteiger partial charge in [-0.15, -0.1) is 0 Å². The molecular formula is C16H16F3NO4. The second kappa shape index (κ2) is 5.77. The van der Waals surface area contributed by atoms with E-state index in [-0.39, 0.29) is 17.0 Å². The molecular weight excluding hydrogens is 327 g/mol. The van der Waals surface area contributed by atoms with Gasteiger partial charge in [0.1, 0.15) is 0 Å². The van der Waals surface area contributed by atoms with Gasteiger partial charge in [-0.25, -0.2) is 9.59 Å². The predicted molar refractivity (Wildman–Crippen MR) is 76.2 cm³/mol. The van der Waals surface area contributed by atoms with Crippen LogP contribution in [0.2, 0.25) is 0 Å². The molecule has 130 valence electrons. The lowest BCUT2D eigenvalue weighted by atomic mass is 9.87. The lowest BCUT2D eigenvalue weighted by Gasteiger charge is -2.26. The third-order valence-electron chi connectivity index (χ3n) is 4.37. The molecule has 1 N–H and O–H groups in total. The van der Waals surface area contributed by atoms with E-state index in [0.717, 1.165) is 38.4 Å². The first kappa shape index (κ1) is 16.8. The highest BCUT2D eigenvalue weighted by atomic mass is 19.4. The molecule has 0 aromatic heterocycles. The fourth-order valence-electron chi connectivity index (χ4n) is 3.12. The molecule has 2 aliphatic heterocycles. The molecule has 1 fully saturated rings. The summed E-state index contributed by atoms with van der Waals surface area (Å²) in [5.74, 6) is -5.03. The maximum atomic E-state index is 12.5. The van der Waals surface area contributed by atoms with E-state index in [1.807, 2.05) is 0 Å². The Morgan fingerprint density at radius 3 is 2.62 bits per heavy atom. The number of rotatable bonds is 2. The van der Waals surface area contributed by atoms with E-state index in [0.29, 0.717) is 0 Å². The third-order valence-corrected chi connectivity index (χ3v) is 4.37. The Labute approximate surface area is 136 Å². The van der Waals surface area contributed by atoms with E-state index in [1.54, 1.807) is 12.1 Å². The fourth-order valence-corrected chi connectivity index (χ4v) is 3.12. The minimum absolute atomic E-state index is 0.116. The first-order valence-electron chi connectivity index (χ1n) is 7.59. The van der Waals surface area contributed by atoms with Gasteiger partial charge in [0.15, 0.2) is 0 Å². The molecule has 0 spiro atoms. The van der Waals surface area contributed by atoms with E-state index in [1.165, 1.54) is 6.07 Å². The second-order valence-corrected chi connectivity index (χ2v) is 6.05. The number of ether oxygens (including phenoxy) is 2. The molecule has 0 amide bonds. The van der Waals surface area contributed by atoms with Crippen LogP contribution in [0.25, 0.3) is 0 Å². The molecule has 0 saturated carbocycles. The van der Waals surface area contributed by atoms with Crippen molar-refractivity contribution in [2.75, 3.05) is 13.1 Å². The van der Waals surface area contributed by atoms with Gasteiger partial charge in [-0.3, -0.25) is 0 Å². The Kier molecular flexibility index (Phi) is 4.03. The summed E-state index contributed by atoms with van der Waals surface area (Å²) in [5.41, 5.74) is 1.16. The standard InChI is InChI=1S/C16H16F3NO4/c1-15(24-14(22)16(17,18)19)12-8-10(9-4-6-20-7-5-9)2-3-11(12)13(21)23-15/h2-3,8-9,20H,4-7H2,1H3. The summed E-state index contributed by atoms with van der Waals surface area (Å²) in [6, 6.07) is 4.90. The Bertz CT molecular complexity index is 682. The number of piperidine rings is 1. The van der Waals surface area contributed by atoms with Crippen molar-refractivity contribution in [1.82, 2.24) is 5.32 Å². The first-order chi connectivity index (χ1) is 11.2. The van der Waals surface area contributed by atoms with Crippen LogP contribution in [0.15, 0.2) is 18.2 Å². The summed E-state index contributed by atoms with van der Waals surface area (Å²) in [7, 11) is 0. The van der Waals surface area contributed by atoms with Crippen LogP contribution >= 0.6 is 0 Å². The Morgan fingerprint density at radius 1 is 1.33 bits per heavy atom. The summed E-state index contributed by atoms with van der Waals surface area (Å²) < 4.78 is 46.9. The maximum absolute atomic E-state index is 12.5. The van der Waals surface area contributed by atoms with Crippen LogP contribution in [-0.2, 0) is 20.1 Å². The molecule has 1 unspecified atom stereocenters. The maximum Gasteiger partial charge on any atom is 0.491 e. The number of halogens is 3. The van der Waals surface area contributed by atoms with Crippen molar-refractivity contribution in [1.29, 1.82) is 0 Å². The monoisotopic (exact) mass is 343 g/mol. The number of alkyl halides is 3. The average Bonchev–Trinajstić information content (AvgIpc) is 2.78. The normalized spacial score (nSPS) is 24.4. The number of benzene rings is 1. The van der Waals surface area contributed by atoms with Gasteiger partial charge in [-0.05, 0) is 49.5 Å². The number of carbonyl (C=O) groups excluding carboxylic acids is 2. The highest BCUT2D eigenvalue weighted by molar-refractivity contribution is 5.95. The molecule has 0 radical (unpaired) electrons. The zero-order chi connectivity index (χ0) is 17.5. The van der Waals surface area contributed by atoms with Crippen molar-refractivity contribution in [2.24, 2.45) is 0 Å². The van der Waals surface area contributed by atoms with Crippen molar-refractivity contribution in [3.63, 3.8) is 0 Å². The van der Waals surface area contributed by atoms with Crippen molar-refractivity contribution in [3.05, 3.63) is 34.9 Å². The number of esters is 2. The SMILES string of the molecule is CC1(OC(=O)C(F)(F)F)OC(=O)c2ccc(C3CCNCC3)cc21. The minimum atomic E-state index is -5.16. The van der Waals surface area contributed by atoms with Crippen LogP contribution in [0.4, 0.5) is 13.2 Å². The van der Waals surface area contributed by atoms with E-state index >= 15 is 0 Å². The average molecular weight is 343 g/mol. The zero-order valence-electron chi connectivity index (χ0n) is 12.9. The van der Waals surface area contributed by atoms with Crippen molar-refractivity contribution >= 4 is 11.9 Å². The molecule has 0 aliphatic carbocycles. The molecule has 1 aromatic rings. The number of hydrogen-bond acceptors (Lipinski definition) is 5. The van der Waals surface area contributed by atoms with E-state index in [4.69, 9.17) is 4.74 Å². The summed E-state index contributed by atoms with van der Waals surface area (Å²) >= 11 is 0. The quantitative estimate of drug-likeness (QED) is 0.837. The van der Waals surface area contributed by atoms with Crippen LogP contribution in [0, 0.1) is 0 Å². The number of fused-ring (bicyclic) bond motifs is 1. The zero-order valence-corrected chi connectivity index (χ0v) is 12.9. The Hall–Kier alpha value is -2.09. The van der Waals surface area contributed by atoms with Gasteiger partial charge >= 0.3 is 18.1 Å².